The van der Waals surface area contributed by atoms with Crippen LogP contribution in [0.5, 0.6) is 5.75 Å². The number of fused-ring (bicyclic) bond motifs is 3. The van der Waals surface area contributed by atoms with Crippen molar-refractivity contribution in [3.8, 4) is 16.9 Å². The van der Waals surface area contributed by atoms with Gasteiger partial charge in [0.05, 0.1) is 0 Å². The number of carbonyl (C=O) groups excluding carboxylic acids is 1. The van der Waals surface area contributed by atoms with Gasteiger partial charge in [-0.2, -0.15) is 0 Å². The predicted molar refractivity (Wildman–Crippen MR) is 91.6 cm³/mol. The summed E-state index contributed by atoms with van der Waals surface area (Å²) in [6.07, 6.45) is 3.53. The van der Waals surface area contributed by atoms with Gasteiger partial charge in [-0.3, -0.25) is 9.78 Å². The van der Waals surface area contributed by atoms with E-state index in [0.717, 1.165) is 16.7 Å². The van der Waals surface area contributed by atoms with Crippen molar-refractivity contribution in [1.29, 1.82) is 0 Å². The maximum absolute atomic E-state index is 13.2. The van der Waals surface area contributed by atoms with Gasteiger partial charge in [0.1, 0.15) is 18.2 Å². The van der Waals surface area contributed by atoms with Gasteiger partial charge in [0.25, 0.3) is 5.91 Å². The van der Waals surface area contributed by atoms with Gasteiger partial charge < -0.3 is 10.1 Å². The van der Waals surface area contributed by atoms with Crippen molar-refractivity contribution >= 4 is 5.91 Å². The Labute approximate surface area is 144 Å². The molecule has 2 heterocycles. The minimum atomic E-state index is -0.318. The van der Waals surface area contributed by atoms with E-state index in [4.69, 9.17) is 4.74 Å². The first-order chi connectivity index (χ1) is 12.2. The van der Waals surface area contributed by atoms with E-state index in [1.807, 2.05) is 12.1 Å². The Balaban J connectivity index is 1.53. The molecule has 1 aromatic heterocycles. The average molecular weight is 334 g/mol. The minimum Gasteiger partial charge on any atom is -0.488 e. The summed E-state index contributed by atoms with van der Waals surface area (Å²) in [4.78, 5) is 16.5. The monoisotopic (exact) mass is 334 g/mol. The maximum Gasteiger partial charge on any atom is 0.251 e. The van der Waals surface area contributed by atoms with Crippen molar-refractivity contribution in [2.24, 2.45) is 0 Å². The second-order valence-corrected chi connectivity index (χ2v) is 5.85. The number of halogens is 1. The molecule has 0 unspecified atom stereocenters. The van der Waals surface area contributed by atoms with Crippen molar-refractivity contribution in [3.05, 3.63) is 83.4 Å². The maximum atomic E-state index is 13.2. The summed E-state index contributed by atoms with van der Waals surface area (Å²) < 4.78 is 18.9. The molecular formula is C20H15FN2O2. The lowest BCUT2D eigenvalue weighted by Crippen LogP contribution is -2.23. The van der Waals surface area contributed by atoms with Gasteiger partial charge >= 0.3 is 0 Å². The molecule has 4 nitrogen and oxygen atoms in total. The highest BCUT2D eigenvalue weighted by Crippen LogP contribution is 2.37. The highest BCUT2D eigenvalue weighted by molar-refractivity contribution is 5.95. The van der Waals surface area contributed by atoms with Gasteiger partial charge in [-0.05, 0) is 47.5 Å². The zero-order chi connectivity index (χ0) is 17.2. The molecule has 1 aliphatic rings. The quantitative estimate of drug-likeness (QED) is 0.794. The molecule has 0 saturated heterocycles. The van der Waals surface area contributed by atoms with E-state index in [1.165, 1.54) is 12.1 Å². The van der Waals surface area contributed by atoms with Crippen molar-refractivity contribution in [3.63, 3.8) is 0 Å². The van der Waals surface area contributed by atoms with Crippen LogP contribution in [0, 0.1) is 5.82 Å². The lowest BCUT2D eigenvalue weighted by atomic mass is 9.97. The van der Waals surface area contributed by atoms with Crippen molar-refractivity contribution < 1.29 is 13.9 Å². The molecule has 2 aromatic carbocycles. The number of ether oxygens (including phenoxy) is 1. The summed E-state index contributed by atoms with van der Waals surface area (Å²) in [5, 5.41) is 2.80. The number of pyridine rings is 1. The zero-order valence-corrected chi connectivity index (χ0v) is 13.3. The van der Waals surface area contributed by atoms with Crippen LogP contribution in [0.2, 0.25) is 0 Å². The molecule has 0 aliphatic carbocycles. The molecule has 25 heavy (non-hydrogen) atoms. The van der Waals surface area contributed by atoms with Crippen LogP contribution >= 0.6 is 0 Å². The molecular weight excluding hydrogens is 319 g/mol. The molecule has 124 valence electrons. The number of hydrogen-bond donors (Lipinski definition) is 1. The Kier molecular flexibility index (Phi) is 3.90. The van der Waals surface area contributed by atoms with Crippen LogP contribution in [0.15, 0.2) is 60.9 Å². The van der Waals surface area contributed by atoms with Crippen LogP contribution in [0.25, 0.3) is 11.1 Å². The summed E-state index contributed by atoms with van der Waals surface area (Å²) in [5.41, 5.74) is 4.27. The fourth-order valence-corrected chi connectivity index (χ4v) is 2.90. The summed E-state index contributed by atoms with van der Waals surface area (Å²) in [6, 6.07) is 13.5. The molecule has 0 radical (unpaired) electrons. The summed E-state index contributed by atoms with van der Waals surface area (Å²) in [5.74, 6) is 0.135. The normalized spacial score (nSPS) is 11.9. The average Bonchev–Trinajstić information content (AvgIpc) is 2.65. The lowest BCUT2D eigenvalue weighted by molar-refractivity contribution is 0.0950. The molecule has 0 bridgehead atoms. The number of nitrogens with zero attached hydrogens (tertiary/aromatic N) is 1. The molecule has 1 aliphatic heterocycles. The lowest BCUT2D eigenvalue weighted by Gasteiger charge is -2.20. The highest BCUT2D eigenvalue weighted by atomic mass is 19.1. The van der Waals surface area contributed by atoms with Crippen molar-refractivity contribution in [1.82, 2.24) is 10.3 Å². The van der Waals surface area contributed by atoms with Crippen LogP contribution in [-0.2, 0) is 13.2 Å². The van der Waals surface area contributed by atoms with Gasteiger partial charge in [0.15, 0.2) is 0 Å². The number of benzene rings is 2. The molecule has 0 fully saturated rings. The number of amides is 1. The van der Waals surface area contributed by atoms with Gasteiger partial charge in [-0.25, -0.2) is 4.39 Å². The first kappa shape index (κ1) is 15.3. The minimum absolute atomic E-state index is 0.226. The Bertz CT molecular complexity index is 956. The van der Waals surface area contributed by atoms with E-state index in [1.54, 1.807) is 36.7 Å². The molecule has 1 amide bonds. The topological polar surface area (TPSA) is 51.2 Å². The first-order valence-electron chi connectivity index (χ1n) is 7.93. The first-order valence-corrected chi connectivity index (χ1v) is 7.93. The van der Waals surface area contributed by atoms with E-state index in [0.29, 0.717) is 23.5 Å². The molecule has 5 heteroatoms. The third kappa shape index (κ3) is 3.08. The second-order valence-electron chi connectivity index (χ2n) is 5.85. The second kappa shape index (κ2) is 6.36. The molecule has 1 N–H and O–H groups in total. The Morgan fingerprint density at radius 1 is 1.16 bits per heavy atom. The number of aromatic nitrogens is 1. The number of hydrogen-bond acceptors (Lipinski definition) is 3. The van der Waals surface area contributed by atoms with Crippen LogP contribution in [0.4, 0.5) is 4.39 Å². The van der Waals surface area contributed by atoms with E-state index in [9.17, 15) is 9.18 Å². The SMILES string of the molecule is O=C(NCc1cccc(F)c1)c1ccc2c(c1)OCc1cnccc1-2. The van der Waals surface area contributed by atoms with Crippen molar-refractivity contribution in [2.75, 3.05) is 0 Å². The fourth-order valence-electron chi connectivity index (χ4n) is 2.90. The van der Waals surface area contributed by atoms with Gasteiger partial charge in [0, 0.05) is 35.6 Å². The molecule has 0 saturated carbocycles. The Morgan fingerprint density at radius 3 is 2.96 bits per heavy atom. The van der Waals surface area contributed by atoms with E-state index in [-0.39, 0.29) is 18.3 Å². The molecule has 0 atom stereocenters. The third-order valence-corrected chi connectivity index (χ3v) is 4.16. The van der Waals surface area contributed by atoms with Crippen LogP contribution in [-0.4, -0.2) is 10.9 Å². The van der Waals surface area contributed by atoms with Gasteiger partial charge in [0.2, 0.25) is 0 Å². The largest absolute Gasteiger partial charge is 0.488 e. The van der Waals surface area contributed by atoms with Crippen LogP contribution in [0.3, 0.4) is 0 Å². The molecule has 4 rings (SSSR count). The smallest absolute Gasteiger partial charge is 0.251 e. The summed E-state index contributed by atoms with van der Waals surface area (Å²) >= 11 is 0. The highest BCUT2D eigenvalue weighted by Gasteiger charge is 2.18. The third-order valence-electron chi connectivity index (χ3n) is 4.16. The van der Waals surface area contributed by atoms with Gasteiger partial charge in [-0.15, -0.1) is 0 Å². The standard InChI is InChI=1S/C20H15FN2O2/c21-16-3-1-2-13(8-16)10-23-20(24)14-4-5-18-17-6-7-22-11-15(17)12-25-19(18)9-14/h1-9,11H,10,12H2,(H,23,24). The molecule has 3 aromatic rings. The number of nitrogens with one attached hydrogen (secondary N) is 1. The van der Waals surface area contributed by atoms with Crippen LogP contribution < -0.4 is 10.1 Å². The number of carbonyl (C=O) groups is 1. The Hall–Kier alpha value is -3.21. The van der Waals surface area contributed by atoms with E-state index >= 15 is 0 Å². The Morgan fingerprint density at radius 2 is 2.08 bits per heavy atom. The summed E-state index contributed by atoms with van der Waals surface area (Å²) in [7, 11) is 0. The van der Waals surface area contributed by atoms with E-state index < -0.39 is 0 Å². The summed E-state index contributed by atoms with van der Waals surface area (Å²) in [6.45, 7) is 0.702. The van der Waals surface area contributed by atoms with Crippen molar-refractivity contribution in [2.45, 2.75) is 13.2 Å². The van der Waals surface area contributed by atoms with Crippen LogP contribution in [0.1, 0.15) is 21.5 Å². The fraction of sp³-hybridized carbons (Fsp3) is 0.100. The number of rotatable bonds is 3. The van der Waals surface area contributed by atoms with E-state index in [2.05, 4.69) is 10.3 Å². The molecule has 0 spiro atoms. The van der Waals surface area contributed by atoms with Gasteiger partial charge in [-0.1, -0.05) is 12.1 Å². The predicted octanol–water partition coefficient (Wildman–Crippen LogP) is 3.71. The zero-order valence-electron chi connectivity index (χ0n) is 13.3.